The number of nitrogens with zero attached hydrogens (tertiary/aromatic N) is 1. The molecule has 0 bridgehead atoms. The van der Waals surface area contributed by atoms with Crippen molar-refractivity contribution < 1.29 is 14.6 Å². The first kappa shape index (κ1) is 24.3. The molecule has 0 radical (unpaired) electrons. The molecule has 0 aliphatic carbocycles. The average molecular weight is 488 g/mol. The first-order valence-electron chi connectivity index (χ1n) is 12.4. The van der Waals surface area contributed by atoms with Crippen LogP contribution in [0.4, 0.5) is 0 Å². The Bertz CT molecular complexity index is 1460. The zero-order chi connectivity index (χ0) is 25.6. The van der Waals surface area contributed by atoms with Crippen LogP contribution in [0.1, 0.15) is 44.5 Å². The minimum Gasteiger partial charge on any atom is -0.457 e. The lowest BCUT2D eigenvalue weighted by Crippen LogP contribution is -2.12. The van der Waals surface area contributed by atoms with Crippen LogP contribution in [-0.4, -0.2) is 15.6 Å². The van der Waals surface area contributed by atoms with Crippen molar-refractivity contribution >= 4 is 5.97 Å². The number of aliphatic hydroxyl groups is 1. The molecule has 4 heteroatoms. The van der Waals surface area contributed by atoms with E-state index in [0.717, 1.165) is 27.9 Å². The fraction of sp³-hybridized carbons (Fsp3) is 0.121. The zero-order valence-electron chi connectivity index (χ0n) is 20.7. The van der Waals surface area contributed by atoms with E-state index >= 15 is 0 Å². The van der Waals surface area contributed by atoms with Gasteiger partial charge in [-0.25, -0.2) is 4.79 Å². The lowest BCUT2D eigenvalue weighted by Gasteiger charge is -2.19. The lowest BCUT2D eigenvalue weighted by molar-refractivity contribution is 0.0472. The van der Waals surface area contributed by atoms with Crippen molar-refractivity contribution in [3.8, 4) is 11.1 Å². The van der Waals surface area contributed by atoms with Crippen molar-refractivity contribution in [3.63, 3.8) is 0 Å². The van der Waals surface area contributed by atoms with E-state index in [1.165, 1.54) is 0 Å². The highest BCUT2D eigenvalue weighted by molar-refractivity contribution is 6.00. The molecule has 1 aromatic heterocycles. The summed E-state index contributed by atoms with van der Waals surface area (Å²) in [5.74, 6) is -0.409. The van der Waals surface area contributed by atoms with Gasteiger partial charge in [-0.3, -0.25) is 0 Å². The van der Waals surface area contributed by atoms with Gasteiger partial charge in [0.2, 0.25) is 0 Å². The molecule has 1 heterocycles. The van der Waals surface area contributed by atoms with Gasteiger partial charge in [0, 0.05) is 17.8 Å². The van der Waals surface area contributed by atoms with Gasteiger partial charge in [0.15, 0.2) is 0 Å². The average Bonchev–Trinajstić information content (AvgIpc) is 3.25. The van der Waals surface area contributed by atoms with Crippen molar-refractivity contribution in [2.75, 3.05) is 0 Å². The van der Waals surface area contributed by atoms with Crippen LogP contribution in [0.5, 0.6) is 0 Å². The lowest BCUT2D eigenvalue weighted by atomic mass is 9.95. The van der Waals surface area contributed by atoms with E-state index in [1.807, 2.05) is 128 Å². The normalized spacial score (nSPS) is 11.7. The van der Waals surface area contributed by atoms with Gasteiger partial charge in [0.05, 0.1) is 11.3 Å². The van der Waals surface area contributed by atoms with Gasteiger partial charge in [0.25, 0.3) is 0 Å². The predicted molar refractivity (Wildman–Crippen MR) is 146 cm³/mol. The number of aliphatic hydroxyl groups excluding tert-OH is 1. The minimum absolute atomic E-state index is 0.174. The molecule has 5 aromatic rings. The van der Waals surface area contributed by atoms with Crippen molar-refractivity contribution in [1.82, 2.24) is 4.57 Å². The van der Waals surface area contributed by atoms with Crippen LogP contribution in [0.3, 0.4) is 0 Å². The van der Waals surface area contributed by atoms with Crippen molar-refractivity contribution in [2.24, 2.45) is 0 Å². The zero-order valence-corrected chi connectivity index (χ0v) is 20.7. The van der Waals surface area contributed by atoms with Crippen LogP contribution in [0.15, 0.2) is 121 Å². The molecular weight excluding hydrogens is 458 g/mol. The van der Waals surface area contributed by atoms with E-state index in [2.05, 4.69) is 4.57 Å². The maximum atomic E-state index is 13.7. The van der Waals surface area contributed by atoms with E-state index < -0.39 is 12.1 Å². The van der Waals surface area contributed by atoms with E-state index in [9.17, 15) is 9.90 Å². The first-order chi connectivity index (χ1) is 18.1. The Morgan fingerprint density at radius 3 is 1.86 bits per heavy atom. The number of hydrogen-bond acceptors (Lipinski definition) is 3. The number of ether oxygens (including phenoxy) is 1. The molecule has 0 aliphatic rings. The molecule has 0 spiro atoms. The van der Waals surface area contributed by atoms with E-state index in [0.29, 0.717) is 23.4 Å². The number of esters is 1. The van der Waals surface area contributed by atoms with Crippen molar-refractivity contribution in [3.05, 3.63) is 155 Å². The molecule has 1 atom stereocenters. The summed E-state index contributed by atoms with van der Waals surface area (Å²) in [7, 11) is 0. The smallest absolute Gasteiger partial charge is 0.340 e. The molecule has 0 aliphatic heterocycles. The van der Waals surface area contributed by atoms with Crippen LogP contribution >= 0.6 is 0 Å². The Labute approximate surface area is 217 Å². The molecule has 37 heavy (non-hydrogen) atoms. The Balaban J connectivity index is 1.68. The SMILES string of the molecule is Cc1c(C(=O)OCc2ccccc2)c(-c2ccccc2)c(C(O)c2ccccc2)n1Cc1ccccc1. The topological polar surface area (TPSA) is 51.5 Å². The van der Waals surface area contributed by atoms with Crippen LogP contribution in [-0.2, 0) is 17.9 Å². The number of aromatic nitrogens is 1. The number of hydrogen-bond donors (Lipinski definition) is 1. The fourth-order valence-corrected chi connectivity index (χ4v) is 4.75. The number of benzene rings is 4. The summed E-state index contributed by atoms with van der Waals surface area (Å²) >= 11 is 0. The second kappa shape index (κ2) is 11.1. The van der Waals surface area contributed by atoms with Gasteiger partial charge < -0.3 is 14.4 Å². The Kier molecular flexibility index (Phi) is 7.29. The molecule has 0 fully saturated rings. The van der Waals surface area contributed by atoms with E-state index in [4.69, 9.17) is 4.74 Å². The molecule has 4 aromatic carbocycles. The molecular formula is C33H29NO3. The maximum absolute atomic E-state index is 13.7. The van der Waals surface area contributed by atoms with Gasteiger partial charge in [-0.15, -0.1) is 0 Å². The van der Waals surface area contributed by atoms with Crippen LogP contribution in [0.25, 0.3) is 11.1 Å². The fourth-order valence-electron chi connectivity index (χ4n) is 4.75. The molecule has 184 valence electrons. The molecule has 4 nitrogen and oxygen atoms in total. The highest BCUT2D eigenvalue weighted by Gasteiger charge is 2.31. The largest absolute Gasteiger partial charge is 0.457 e. The summed E-state index contributed by atoms with van der Waals surface area (Å²) in [5.41, 5.74) is 6.21. The van der Waals surface area contributed by atoms with Gasteiger partial charge in [-0.1, -0.05) is 121 Å². The Hall–Kier alpha value is -4.41. The van der Waals surface area contributed by atoms with E-state index in [1.54, 1.807) is 0 Å². The van der Waals surface area contributed by atoms with Gasteiger partial charge in [-0.05, 0) is 29.2 Å². The van der Waals surface area contributed by atoms with Crippen LogP contribution in [0.2, 0.25) is 0 Å². The van der Waals surface area contributed by atoms with Gasteiger partial charge in [-0.2, -0.15) is 0 Å². The minimum atomic E-state index is -0.936. The summed E-state index contributed by atoms with van der Waals surface area (Å²) in [4.78, 5) is 13.7. The number of carbonyl (C=O) groups excluding carboxylic acids is 1. The number of rotatable bonds is 8. The van der Waals surface area contributed by atoms with Crippen molar-refractivity contribution in [1.29, 1.82) is 0 Å². The maximum Gasteiger partial charge on any atom is 0.340 e. The highest BCUT2D eigenvalue weighted by Crippen LogP contribution is 2.39. The predicted octanol–water partition coefficient (Wildman–Crippen LogP) is 6.95. The highest BCUT2D eigenvalue weighted by atomic mass is 16.5. The first-order valence-corrected chi connectivity index (χ1v) is 12.4. The monoisotopic (exact) mass is 487 g/mol. The third-order valence-electron chi connectivity index (χ3n) is 6.60. The van der Waals surface area contributed by atoms with E-state index in [-0.39, 0.29) is 6.61 Å². The molecule has 1 N–H and O–H groups in total. The standard InChI is InChI=1S/C33H29NO3/c1-24-29(33(36)37-23-26-16-8-3-9-17-26)30(27-18-10-4-11-19-27)31(32(35)28-20-12-5-13-21-28)34(24)22-25-14-6-2-7-15-25/h2-21,32,35H,22-23H2,1H3. The molecule has 0 amide bonds. The summed E-state index contributed by atoms with van der Waals surface area (Å²) in [5, 5.41) is 11.7. The molecule has 0 saturated carbocycles. The third-order valence-corrected chi connectivity index (χ3v) is 6.60. The second-order valence-corrected chi connectivity index (χ2v) is 9.03. The van der Waals surface area contributed by atoms with Gasteiger partial charge in [0.1, 0.15) is 12.7 Å². The van der Waals surface area contributed by atoms with Crippen molar-refractivity contribution in [2.45, 2.75) is 26.2 Å². The summed E-state index contributed by atoms with van der Waals surface area (Å²) in [6, 6.07) is 39.0. The quantitative estimate of drug-likeness (QED) is 0.241. The number of carbonyl (C=O) groups is 1. The summed E-state index contributed by atoms with van der Waals surface area (Å²) < 4.78 is 7.88. The van der Waals surface area contributed by atoms with Gasteiger partial charge >= 0.3 is 5.97 Å². The molecule has 1 unspecified atom stereocenters. The van der Waals surface area contributed by atoms with Crippen LogP contribution in [0, 0.1) is 6.92 Å². The Morgan fingerprint density at radius 1 is 0.757 bits per heavy atom. The summed E-state index contributed by atoms with van der Waals surface area (Å²) in [6.45, 7) is 2.61. The third kappa shape index (κ3) is 5.25. The second-order valence-electron chi connectivity index (χ2n) is 9.03. The van der Waals surface area contributed by atoms with Crippen LogP contribution < -0.4 is 0 Å². The Morgan fingerprint density at radius 2 is 1.27 bits per heavy atom. The molecule has 0 saturated heterocycles. The molecule has 5 rings (SSSR count). The summed E-state index contributed by atoms with van der Waals surface area (Å²) in [6.07, 6.45) is -0.936.